The molecular weight excluding hydrogens is 176 g/mol. The summed E-state index contributed by atoms with van der Waals surface area (Å²) in [5.74, 6) is 0. The summed E-state index contributed by atoms with van der Waals surface area (Å²) in [7, 11) is 1.65. The third-order valence-corrected chi connectivity index (χ3v) is 2.00. The van der Waals surface area contributed by atoms with Crippen LogP contribution in [0, 0.1) is 4.64 Å². The standard InChI is InChI=1S/C6H6N4OS/c1-10-3-4(9-6(10)11)7-2-8-5(3)12/h2H,1H3,(H2,7,8,9,11,12). The van der Waals surface area contributed by atoms with Crippen molar-refractivity contribution in [1.29, 1.82) is 0 Å². The normalized spacial score (nSPS) is 10.8. The smallest absolute Gasteiger partial charge is 0.327 e. The van der Waals surface area contributed by atoms with Crippen molar-refractivity contribution in [3.63, 3.8) is 0 Å². The number of rotatable bonds is 0. The van der Waals surface area contributed by atoms with Gasteiger partial charge in [-0.1, -0.05) is 12.2 Å². The van der Waals surface area contributed by atoms with Crippen LogP contribution in [-0.2, 0) is 7.05 Å². The summed E-state index contributed by atoms with van der Waals surface area (Å²) in [4.78, 5) is 20.4. The van der Waals surface area contributed by atoms with Gasteiger partial charge in [-0.3, -0.25) is 9.55 Å². The molecule has 0 saturated heterocycles. The van der Waals surface area contributed by atoms with E-state index in [1.807, 2.05) is 0 Å². The molecule has 2 aromatic heterocycles. The molecule has 0 bridgehead atoms. The van der Waals surface area contributed by atoms with Crippen molar-refractivity contribution in [2.75, 3.05) is 0 Å². The number of aromatic nitrogens is 4. The molecule has 0 amide bonds. The predicted octanol–water partition coefficient (Wildman–Crippen LogP) is 0.319. The Bertz CT molecular complexity index is 534. The highest BCUT2D eigenvalue weighted by molar-refractivity contribution is 7.71. The molecule has 0 saturated carbocycles. The molecule has 0 fully saturated rings. The first-order valence-corrected chi connectivity index (χ1v) is 3.73. The topological polar surface area (TPSA) is 66.5 Å². The van der Waals surface area contributed by atoms with E-state index < -0.39 is 0 Å². The third kappa shape index (κ3) is 0.814. The van der Waals surface area contributed by atoms with Gasteiger partial charge in [0.15, 0.2) is 4.64 Å². The van der Waals surface area contributed by atoms with E-state index in [4.69, 9.17) is 12.2 Å². The zero-order valence-electron chi connectivity index (χ0n) is 6.29. The van der Waals surface area contributed by atoms with E-state index >= 15 is 0 Å². The summed E-state index contributed by atoms with van der Waals surface area (Å²) in [5, 5.41) is 0. The Morgan fingerprint density at radius 2 is 2.42 bits per heavy atom. The van der Waals surface area contributed by atoms with Gasteiger partial charge in [0.25, 0.3) is 0 Å². The highest BCUT2D eigenvalue weighted by atomic mass is 32.1. The van der Waals surface area contributed by atoms with Gasteiger partial charge in [0, 0.05) is 7.05 Å². The van der Waals surface area contributed by atoms with Gasteiger partial charge < -0.3 is 4.98 Å². The maximum absolute atomic E-state index is 11.1. The molecule has 0 unspecified atom stereocenters. The lowest BCUT2D eigenvalue weighted by atomic mass is 10.5. The number of aromatic amines is 2. The van der Waals surface area contributed by atoms with Crippen molar-refractivity contribution in [2.24, 2.45) is 7.05 Å². The van der Waals surface area contributed by atoms with E-state index in [1.165, 1.54) is 10.9 Å². The first-order valence-electron chi connectivity index (χ1n) is 3.32. The molecule has 0 aromatic carbocycles. The second-order valence-corrected chi connectivity index (χ2v) is 2.81. The van der Waals surface area contributed by atoms with Crippen LogP contribution in [0.2, 0.25) is 0 Å². The molecule has 0 aliphatic rings. The fourth-order valence-corrected chi connectivity index (χ4v) is 1.38. The van der Waals surface area contributed by atoms with Crippen LogP contribution in [0.1, 0.15) is 0 Å². The first-order chi connectivity index (χ1) is 5.70. The van der Waals surface area contributed by atoms with Crippen LogP contribution >= 0.6 is 12.2 Å². The van der Waals surface area contributed by atoms with Crippen molar-refractivity contribution < 1.29 is 0 Å². The Kier molecular flexibility index (Phi) is 1.37. The minimum absolute atomic E-state index is 0.194. The van der Waals surface area contributed by atoms with Gasteiger partial charge in [0.1, 0.15) is 11.2 Å². The number of nitrogens with zero attached hydrogens (tertiary/aromatic N) is 2. The monoisotopic (exact) mass is 182 g/mol. The molecule has 2 N–H and O–H groups in total. The summed E-state index contributed by atoms with van der Waals surface area (Å²) in [6.07, 6.45) is 1.46. The van der Waals surface area contributed by atoms with Gasteiger partial charge in [-0.2, -0.15) is 0 Å². The Labute approximate surface area is 72.1 Å². The van der Waals surface area contributed by atoms with Crippen LogP contribution in [0.25, 0.3) is 11.2 Å². The highest BCUT2D eigenvalue weighted by Gasteiger charge is 2.03. The largest absolute Gasteiger partial charge is 0.331 e. The van der Waals surface area contributed by atoms with Gasteiger partial charge in [-0.15, -0.1) is 0 Å². The van der Waals surface area contributed by atoms with E-state index in [0.717, 1.165) is 0 Å². The molecule has 0 radical (unpaired) electrons. The SMILES string of the molecule is Cn1c(=O)[nH]c2[nH]cnc(=S)c21. The van der Waals surface area contributed by atoms with E-state index in [1.54, 1.807) is 7.05 Å². The van der Waals surface area contributed by atoms with Gasteiger partial charge in [-0.05, 0) is 0 Å². The molecule has 0 atom stereocenters. The number of aryl methyl sites for hydroxylation is 1. The van der Waals surface area contributed by atoms with Crippen LogP contribution in [-0.4, -0.2) is 19.5 Å². The van der Waals surface area contributed by atoms with Crippen LogP contribution < -0.4 is 5.69 Å². The summed E-state index contributed by atoms with van der Waals surface area (Å²) in [6.45, 7) is 0. The number of imidazole rings is 1. The van der Waals surface area contributed by atoms with Crippen molar-refractivity contribution in [2.45, 2.75) is 0 Å². The molecule has 12 heavy (non-hydrogen) atoms. The summed E-state index contributed by atoms with van der Waals surface area (Å²) >= 11 is 4.94. The average Bonchev–Trinajstić information content (AvgIpc) is 2.29. The summed E-state index contributed by atoms with van der Waals surface area (Å²) < 4.78 is 1.85. The second-order valence-electron chi connectivity index (χ2n) is 2.42. The van der Waals surface area contributed by atoms with E-state index in [0.29, 0.717) is 15.8 Å². The average molecular weight is 182 g/mol. The Balaban J connectivity index is 3.18. The van der Waals surface area contributed by atoms with Crippen molar-refractivity contribution in [3.8, 4) is 0 Å². The van der Waals surface area contributed by atoms with Crippen LogP contribution in [0.4, 0.5) is 0 Å². The first kappa shape index (κ1) is 7.23. The van der Waals surface area contributed by atoms with Gasteiger partial charge >= 0.3 is 5.69 Å². The number of hydrogen-bond donors (Lipinski definition) is 2. The molecule has 0 aliphatic heterocycles. The molecule has 2 heterocycles. The molecule has 5 nitrogen and oxygen atoms in total. The van der Waals surface area contributed by atoms with Gasteiger partial charge in [0.05, 0.1) is 6.33 Å². The summed E-state index contributed by atoms with van der Waals surface area (Å²) in [5.41, 5.74) is 1.06. The fraction of sp³-hybridized carbons (Fsp3) is 0.167. The van der Waals surface area contributed by atoms with Gasteiger partial charge in [0.2, 0.25) is 0 Å². The van der Waals surface area contributed by atoms with Crippen LogP contribution in [0.5, 0.6) is 0 Å². The third-order valence-electron chi connectivity index (χ3n) is 1.70. The Morgan fingerprint density at radius 3 is 3.08 bits per heavy atom. The molecule has 62 valence electrons. The molecule has 0 aliphatic carbocycles. The minimum atomic E-state index is -0.194. The molecule has 2 rings (SSSR count). The number of H-pyrrole nitrogens is 2. The number of nitrogens with one attached hydrogen (secondary N) is 2. The van der Waals surface area contributed by atoms with Crippen molar-refractivity contribution >= 4 is 23.4 Å². The molecule has 6 heteroatoms. The van der Waals surface area contributed by atoms with E-state index in [9.17, 15) is 4.79 Å². The maximum atomic E-state index is 11.1. The van der Waals surface area contributed by atoms with E-state index in [2.05, 4.69) is 15.0 Å². The Morgan fingerprint density at radius 1 is 1.67 bits per heavy atom. The lowest BCUT2D eigenvalue weighted by Gasteiger charge is -1.90. The minimum Gasteiger partial charge on any atom is -0.331 e. The molecule has 2 aromatic rings. The van der Waals surface area contributed by atoms with Gasteiger partial charge in [-0.25, -0.2) is 9.78 Å². The zero-order chi connectivity index (χ0) is 8.72. The predicted molar refractivity (Wildman–Crippen MR) is 46.5 cm³/mol. The van der Waals surface area contributed by atoms with Crippen LogP contribution in [0.15, 0.2) is 11.1 Å². The summed E-state index contributed by atoms with van der Waals surface area (Å²) in [6, 6.07) is 0. The molecular formula is C6H6N4OS. The lowest BCUT2D eigenvalue weighted by molar-refractivity contribution is 0.888. The van der Waals surface area contributed by atoms with E-state index in [-0.39, 0.29) is 5.69 Å². The molecule has 0 spiro atoms. The number of fused-ring (bicyclic) bond motifs is 1. The zero-order valence-corrected chi connectivity index (χ0v) is 7.10. The van der Waals surface area contributed by atoms with Crippen LogP contribution in [0.3, 0.4) is 0 Å². The lowest BCUT2D eigenvalue weighted by Crippen LogP contribution is -2.11. The quantitative estimate of drug-likeness (QED) is 0.576. The Hall–Kier alpha value is -1.43. The van der Waals surface area contributed by atoms with Crippen molar-refractivity contribution in [3.05, 3.63) is 21.5 Å². The van der Waals surface area contributed by atoms with Crippen molar-refractivity contribution in [1.82, 2.24) is 19.5 Å². The highest BCUT2D eigenvalue weighted by Crippen LogP contribution is 2.03. The fourth-order valence-electron chi connectivity index (χ4n) is 1.09. The maximum Gasteiger partial charge on any atom is 0.327 e. The number of hydrogen-bond acceptors (Lipinski definition) is 3. The second kappa shape index (κ2) is 2.28.